The molecule has 0 amide bonds. The van der Waals surface area contributed by atoms with Crippen molar-refractivity contribution >= 4 is 11.5 Å². The second-order valence-corrected chi connectivity index (χ2v) is 3.79. The van der Waals surface area contributed by atoms with Crippen LogP contribution < -0.4 is 15.8 Å². The fourth-order valence-electron chi connectivity index (χ4n) is 1.38. The molecule has 5 nitrogen and oxygen atoms in total. The van der Waals surface area contributed by atoms with Crippen molar-refractivity contribution in [1.29, 1.82) is 0 Å². The van der Waals surface area contributed by atoms with Crippen LogP contribution in [0.15, 0.2) is 0 Å². The normalized spacial score (nSPS) is 10.3. The molecule has 0 aliphatic heterocycles. The van der Waals surface area contributed by atoms with Crippen molar-refractivity contribution in [3.8, 4) is 5.88 Å². The molecule has 0 aliphatic rings. The highest BCUT2D eigenvalue weighted by molar-refractivity contribution is 5.66. The first kappa shape index (κ1) is 13.5. The van der Waals surface area contributed by atoms with Gasteiger partial charge in [0.25, 0.3) is 0 Å². The molecular formula is C12H22N4O. The van der Waals surface area contributed by atoms with E-state index in [0.717, 1.165) is 31.6 Å². The van der Waals surface area contributed by atoms with Crippen LogP contribution in [0.4, 0.5) is 11.5 Å². The van der Waals surface area contributed by atoms with Gasteiger partial charge in [-0.05, 0) is 13.3 Å². The van der Waals surface area contributed by atoms with E-state index >= 15 is 0 Å². The van der Waals surface area contributed by atoms with Crippen LogP contribution in [0.2, 0.25) is 0 Å². The number of aryl methyl sites for hydroxylation is 1. The summed E-state index contributed by atoms with van der Waals surface area (Å²) >= 11 is 0. The number of nitrogens with zero attached hydrogens (tertiary/aromatic N) is 2. The number of rotatable bonds is 7. The zero-order chi connectivity index (χ0) is 12.7. The quantitative estimate of drug-likeness (QED) is 0.713. The molecule has 0 atom stereocenters. The third-order valence-corrected chi connectivity index (χ3v) is 2.35. The van der Waals surface area contributed by atoms with Crippen molar-refractivity contribution < 1.29 is 4.74 Å². The molecule has 1 rings (SSSR count). The molecule has 0 radical (unpaired) electrons. The average Bonchev–Trinajstić information content (AvgIpc) is 2.34. The predicted octanol–water partition coefficient (Wildman–Crippen LogP) is 2.23. The molecule has 0 unspecified atom stereocenters. The van der Waals surface area contributed by atoms with Gasteiger partial charge in [-0.3, -0.25) is 0 Å². The van der Waals surface area contributed by atoms with Gasteiger partial charge in [0.2, 0.25) is 5.88 Å². The maximum Gasteiger partial charge on any atom is 0.242 e. The summed E-state index contributed by atoms with van der Waals surface area (Å²) < 4.78 is 5.59. The number of nitrogens with two attached hydrogens (primary N) is 1. The highest BCUT2D eigenvalue weighted by Crippen LogP contribution is 2.26. The van der Waals surface area contributed by atoms with Gasteiger partial charge in [0.1, 0.15) is 11.5 Å². The summed E-state index contributed by atoms with van der Waals surface area (Å²) in [7, 11) is 0. The Morgan fingerprint density at radius 1 is 1.24 bits per heavy atom. The molecule has 0 aromatic carbocycles. The number of nitrogen functional groups attached to an aromatic ring is 1. The SMILES string of the molecule is CCCCOc1nc(CC)nc(NCC)c1N. The molecule has 0 spiro atoms. The van der Waals surface area contributed by atoms with Gasteiger partial charge in [0.05, 0.1) is 6.61 Å². The zero-order valence-electron chi connectivity index (χ0n) is 10.9. The van der Waals surface area contributed by atoms with E-state index in [4.69, 9.17) is 10.5 Å². The van der Waals surface area contributed by atoms with Crippen LogP contribution >= 0.6 is 0 Å². The summed E-state index contributed by atoms with van der Waals surface area (Å²) in [4.78, 5) is 8.65. The van der Waals surface area contributed by atoms with E-state index in [1.165, 1.54) is 0 Å². The molecule has 96 valence electrons. The number of ether oxygens (including phenoxy) is 1. The van der Waals surface area contributed by atoms with Crippen molar-refractivity contribution in [1.82, 2.24) is 9.97 Å². The third kappa shape index (κ3) is 3.76. The molecule has 1 aromatic heterocycles. The first-order valence-corrected chi connectivity index (χ1v) is 6.25. The summed E-state index contributed by atoms with van der Waals surface area (Å²) in [5.41, 5.74) is 6.46. The zero-order valence-corrected chi connectivity index (χ0v) is 10.9. The van der Waals surface area contributed by atoms with E-state index in [1.807, 2.05) is 13.8 Å². The fraction of sp³-hybridized carbons (Fsp3) is 0.667. The van der Waals surface area contributed by atoms with Crippen LogP contribution in [-0.2, 0) is 6.42 Å². The summed E-state index contributed by atoms with van der Waals surface area (Å²) in [6.45, 7) is 7.56. The second kappa shape index (κ2) is 6.93. The summed E-state index contributed by atoms with van der Waals surface area (Å²) in [6, 6.07) is 0. The molecular weight excluding hydrogens is 216 g/mol. The molecule has 3 N–H and O–H groups in total. The maximum atomic E-state index is 5.96. The van der Waals surface area contributed by atoms with Gasteiger partial charge in [-0.25, -0.2) is 4.98 Å². The van der Waals surface area contributed by atoms with Crippen LogP contribution in [0.3, 0.4) is 0 Å². The lowest BCUT2D eigenvalue weighted by atomic mass is 10.3. The monoisotopic (exact) mass is 238 g/mol. The lowest BCUT2D eigenvalue weighted by Crippen LogP contribution is -2.10. The van der Waals surface area contributed by atoms with Crippen LogP contribution in [-0.4, -0.2) is 23.1 Å². The lowest BCUT2D eigenvalue weighted by molar-refractivity contribution is 0.298. The highest BCUT2D eigenvalue weighted by atomic mass is 16.5. The minimum absolute atomic E-state index is 0.500. The molecule has 0 fully saturated rings. The minimum atomic E-state index is 0.500. The van der Waals surface area contributed by atoms with Crippen molar-refractivity contribution in [3.05, 3.63) is 5.82 Å². The van der Waals surface area contributed by atoms with Gasteiger partial charge in [0, 0.05) is 13.0 Å². The first-order chi connectivity index (χ1) is 8.22. The molecule has 0 saturated carbocycles. The largest absolute Gasteiger partial charge is 0.476 e. The Kier molecular flexibility index (Phi) is 5.52. The van der Waals surface area contributed by atoms with Gasteiger partial charge in [-0.2, -0.15) is 4.98 Å². The summed E-state index contributed by atoms with van der Waals surface area (Å²) in [5.74, 6) is 1.92. The van der Waals surface area contributed by atoms with Crippen LogP contribution in [0.1, 0.15) is 39.4 Å². The smallest absolute Gasteiger partial charge is 0.242 e. The van der Waals surface area contributed by atoms with Gasteiger partial charge in [0.15, 0.2) is 5.82 Å². The topological polar surface area (TPSA) is 73.1 Å². The van der Waals surface area contributed by atoms with Crippen molar-refractivity contribution in [2.24, 2.45) is 0 Å². The predicted molar refractivity (Wildman–Crippen MR) is 70.4 cm³/mol. The Bertz CT molecular complexity index is 355. The Labute approximate surface area is 103 Å². The standard InChI is InChI=1S/C12H22N4O/c1-4-7-8-17-12-10(13)11(14-6-3)15-9(5-2)16-12/h4-8,13H2,1-3H3,(H,14,15,16). The van der Waals surface area contributed by atoms with E-state index in [1.54, 1.807) is 0 Å². The Balaban J connectivity index is 2.89. The first-order valence-electron chi connectivity index (χ1n) is 6.25. The number of hydrogen-bond donors (Lipinski definition) is 2. The van der Waals surface area contributed by atoms with Crippen molar-refractivity contribution in [2.75, 3.05) is 24.2 Å². The van der Waals surface area contributed by atoms with Crippen LogP contribution in [0.5, 0.6) is 5.88 Å². The van der Waals surface area contributed by atoms with E-state index < -0.39 is 0 Å². The lowest BCUT2D eigenvalue weighted by Gasteiger charge is -2.12. The van der Waals surface area contributed by atoms with E-state index in [-0.39, 0.29) is 0 Å². The highest BCUT2D eigenvalue weighted by Gasteiger charge is 2.11. The summed E-state index contributed by atoms with van der Waals surface area (Å²) in [6.07, 6.45) is 2.86. The number of anilines is 2. The molecule has 0 bridgehead atoms. The molecule has 1 heterocycles. The van der Waals surface area contributed by atoms with E-state index in [0.29, 0.717) is 24.0 Å². The van der Waals surface area contributed by atoms with Crippen molar-refractivity contribution in [3.63, 3.8) is 0 Å². The molecule has 0 saturated heterocycles. The third-order valence-electron chi connectivity index (χ3n) is 2.35. The average molecular weight is 238 g/mol. The van der Waals surface area contributed by atoms with Crippen LogP contribution in [0.25, 0.3) is 0 Å². The number of hydrogen-bond acceptors (Lipinski definition) is 5. The number of aromatic nitrogens is 2. The van der Waals surface area contributed by atoms with Gasteiger partial charge in [-0.15, -0.1) is 0 Å². The molecule has 0 aliphatic carbocycles. The fourth-order valence-corrected chi connectivity index (χ4v) is 1.38. The van der Waals surface area contributed by atoms with Gasteiger partial charge in [-0.1, -0.05) is 20.3 Å². The van der Waals surface area contributed by atoms with E-state index in [9.17, 15) is 0 Å². The maximum absolute atomic E-state index is 5.96. The molecule has 5 heteroatoms. The number of nitrogens with one attached hydrogen (secondary N) is 1. The summed E-state index contributed by atoms with van der Waals surface area (Å²) in [5, 5.41) is 3.13. The second-order valence-electron chi connectivity index (χ2n) is 3.79. The molecule has 1 aromatic rings. The minimum Gasteiger partial charge on any atom is -0.476 e. The van der Waals surface area contributed by atoms with Crippen molar-refractivity contribution in [2.45, 2.75) is 40.0 Å². The Hall–Kier alpha value is -1.52. The van der Waals surface area contributed by atoms with Gasteiger partial charge >= 0.3 is 0 Å². The van der Waals surface area contributed by atoms with Crippen LogP contribution in [0, 0.1) is 0 Å². The van der Waals surface area contributed by atoms with E-state index in [2.05, 4.69) is 22.2 Å². The Morgan fingerprint density at radius 3 is 2.59 bits per heavy atom. The number of unbranched alkanes of at least 4 members (excludes halogenated alkanes) is 1. The van der Waals surface area contributed by atoms with Gasteiger partial charge < -0.3 is 15.8 Å². The Morgan fingerprint density at radius 2 is 2.00 bits per heavy atom. The molecule has 17 heavy (non-hydrogen) atoms.